The van der Waals surface area contributed by atoms with E-state index in [9.17, 15) is 4.79 Å². The minimum atomic E-state index is -0.162. The zero-order valence-corrected chi connectivity index (χ0v) is 17.2. The van der Waals surface area contributed by atoms with Gasteiger partial charge in [-0.05, 0) is 61.0 Å². The molecule has 4 aromatic rings. The van der Waals surface area contributed by atoms with Gasteiger partial charge < -0.3 is 0 Å². The lowest BCUT2D eigenvalue weighted by Gasteiger charge is -2.19. The monoisotopic (exact) mass is 427 g/mol. The molecule has 4 rings (SSSR count). The molecular formula is C21H15Cl2N3OS. The number of amides is 1. The largest absolute Gasteiger partial charge is 0.278 e. The fourth-order valence-electron chi connectivity index (χ4n) is 2.89. The van der Waals surface area contributed by atoms with Crippen LogP contribution in [0.2, 0.25) is 10.0 Å². The first kappa shape index (κ1) is 18.9. The van der Waals surface area contributed by atoms with Crippen LogP contribution in [0.1, 0.15) is 21.6 Å². The number of fused-ring (bicyclic) bond motifs is 1. The van der Waals surface area contributed by atoms with Gasteiger partial charge in [-0.3, -0.25) is 14.7 Å². The van der Waals surface area contributed by atoms with Gasteiger partial charge in [0.1, 0.15) is 0 Å². The van der Waals surface area contributed by atoms with E-state index in [4.69, 9.17) is 28.2 Å². The standard InChI is InChI=1S/C21H15Cl2N3OS/c1-13-10-16(23)11-18-19(13)25-21(28-18)26(12-17-4-2-3-9-24-17)20(27)14-5-7-15(22)8-6-14/h2-11H,12H2,1H3. The summed E-state index contributed by atoms with van der Waals surface area (Å²) in [5.41, 5.74) is 3.13. The van der Waals surface area contributed by atoms with E-state index in [1.54, 1.807) is 35.4 Å². The number of aryl methyl sites for hydroxylation is 1. The number of halogens is 2. The molecule has 28 heavy (non-hydrogen) atoms. The second-order valence-corrected chi connectivity index (χ2v) is 8.17. The SMILES string of the molecule is Cc1cc(Cl)cc2sc(N(Cc3ccccn3)C(=O)c3ccc(Cl)cc3)nc12. The van der Waals surface area contributed by atoms with E-state index in [-0.39, 0.29) is 5.91 Å². The summed E-state index contributed by atoms with van der Waals surface area (Å²) in [6, 6.07) is 16.2. The first-order chi connectivity index (χ1) is 13.5. The van der Waals surface area contributed by atoms with Crippen molar-refractivity contribution in [3.63, 3.8) is 0 Å². The van der Waals surface area contributed by atoms with E-state index in [0.29, 0.717) is 27.3 Å². The summed E-state index contributed by atoms with van der Waals surface area (Å²) in [6.45, 7) is 2.27. The quantitative estimate of drug-likeness (QED) is 0.392. The third kappa shape index (κ3) is 3.87. The number of carbonyl (C=O) groups is 1. The number of nitrogens with zero attached hydrogens (tertiary/aromatic N) is 3. The van der Waals surface area contributed by atoms with Crippen LogP contribution < -0.4 is 4.90 Å². The van der Waals surface area contributed by atoms with Gasteiger partial charge >= 0.3 is 0 Å². The highest BCUT2D eigenvalue weighted by molar-refractivity contribution is 7.22. The summed E-state index contributed by atoms with van der Waals surface area (Å²) in [5, 5.41) is 1.84. The number of aromatic nitrogens is 2. The van der Waals surface area contributed by atoms with Crippen LogP contribution in [-0.2, 0) is 6.54 Å². The molecule has 0 aliphatic heterocycles. The highest BCUT2D eigenvalue weighted by atomic mass is 35.5. The van der Waals surface area contributed by atoms with Gasteiger partial charge in [-0.25, -0.2) is 4.98 Å². The molecule has 0 N–H and O–H groups in total. The zero-order valence-electron chi connectivity index (χ0n) is 14.9. The molecule has 0 fully saturated rings. The second kappa shape index (κ2) is 7.87. The number of thiazole rings is 1. The molecule has 1 amide bonds. The maximum Gasteiger partial charge on any atom is 0.260 e. The van der Waals surface area contributed by atoms with Gasteiger partial charge in [0.15, 0.2) is 5.13 Å². The topological polar surface area (TPSA) is 46.1 Å². The van der Waals surface area contributed by atoms with Gasteiger partial charge in [0.25, 0.3) is 5.91 Å². The van der Waals surface area contributed by atoms with Gasteiger partial charge in [0.2, 0.25) is 0 Å². The molecule has 2 aromatic carbocycles. The average molecular weight is 428 g/mol. The number of anilines is 1. The van der Waals surface area contributed by atoms with Gasteiger partial charge in [0, 0.05) is 21.8 Å². The van der Waals surface area contributed by atoms with Crippen molar-refractivity contribution in [2.45, 2.75) is 13.5 Å². The summed E-state index contributed by atoms with van der Waals surface area (Å²) < 4.78 is 0.940. The van der Waals surface area contributed by atoms with Crippen LogP contribution in [0.15, 0.2) is 60.8 Å². The Morgan fingerprint density at radius 1 is 1.07 bits per heavy atom. The molecule has 140 valence electrons. The number of carbonyl (C=O) groups excluding carboxylic acids is 1. The van der Waals surface area contributed by atoms with Crippen molar-refractivity contribution >= 4 is 55.8 Å². The van der Waals surface area contributed by atoms with Crippen LogP contribution in [0.4, 0.5) is 5.13 Å². The molecule has 0 unspecified atom stereocenters. The Bertz CT molecular complexity index is 1140. The van der Waals surface area contributed by atoms with Gasteiger partial charge in [-0.1, -0.05) is 40.6 Å². The molecule has 2 aromatic heterocycles. The Balaban J connectivity index is 1.79. The van der Waals surface area contributed by atoms with Gasteiger partial charge in [0.05, 0.1) is 22.5 Å². The summed E-state index contributed by atoms with van der Waals surface area (Å²) in [5.74, 6) is -0.162. The normalized spacial score (nSPS) is 11.0. The van der Waals surface area contributed by atoms with E-state index >= 15 is 0 Å². The summed E-state index contributed by atoms with van der Waals surface area (Å²) in [6.07, 6.45) is 1.71. The minimum Gasteiger partial charge on any atom is -0.278 e. The molecule has 4 nitrogen and oxygen atoms in total. The summed E-state index contributed by atoms with van der Waals surface area (Å²) in [7, 11) is 0. The Kier molecular flexibility index (Phi) is 5.31. The third-order valence-corrected chi connectivity index (χ3v) is 5.75. The van der Waals surface area contributed by atoms with E-state index in [0.717, 1.165) is 21.5 Å². The predicted octanol–water partition coefficient (Wildman–Crippen LogP) is 6.15. The van der Waals surface area contributed by atoms with Crippen LogP contribution in [0.3, 0.4) is 0 Å². The number of hydrogen-bond acceptors (Lipinski definition) is 4. The highest BCUT2D eigenvalue weighted by Gasteiger charge is 2.22. The molecule has 0 radical (unpaired) electrons. The number of benzene rings is 2. The average Bonchev–Trinajstić information content (AvgIpc) is 3.11. The smallest absolute Gasteiger partial charge is 0.260 e. The first-order valence-corrected chi connectivity index (χ1v) is 10.1. The fraction of sp³-hybridized carbons (Fsp3) is 0.0952. The molecule has 0 aliphatic rings. The van der Waals surface area contributed by atoms with Crippen molar-refractivity contribution in [1.82, 2.24) is 9.97 Å². The molecule has 0 bridgehead atoms. The van der Waals surface area contributed by atoms with E-state index < -0.39 is 0 Å². The molecule has 0 saturated heterocycles. The third-order valence-electron chi connectivity index (χ3n) is 4.25. The Morgan fingerprint density at radius 2 is 1.86 bits per heavy atom. The molecule has 0 aliphatic carbocycles. The van der Waals surface area contributed by atoms with Crippen LogP contribution in [-0.4, -0.2) is 15.9 Å². The minimum absolute atomic E-state index is 0.162. The lowest BCUT2D eigenvalue weighted by molar-refractivity contribution is 0.0985. The van der Waals surface area contributed by atoms with Crippen molar-refractivity contribution in [2.24, 2.45) is 0 Å². The Hall–Kier alpha value is -2.47. The van der Waals surface area contributed by atoms with Crippen molar-refractivity contribution in [3.8, 4) is 0 Å². The summed E-state index contributed by atoms with van der Waals surface area (Å²) >= 11 is 13.6. The zero-order chi connectivity index (χ0) is 19.7. The van der Waals surface area contributed by atoms with Crippen molar-refractivity contribution in [1.29, 1.82) is 0 Å². The van der Waals surface area contributed by atoms with Crippen molar-refractivity contribution in [2.75, 3.05) is 4.90 Å². The highest BCUT2D eigenvalue weighted by Crippen LogP contribution is 2.34. The number of hydrogen-bond donors (Lipinski definition) is 0. The Labute approximate surface area is 176 Å². The maximum absolute atomic E-state index is 13.3. The van der Waals surface area contributed by atoms with Crippen LogP contribution in [0, 0.1) is 6.92 Å². The predicted molar refractivity (Wildman–Crippen MR) is 116 cm³/mol. The fourth-order valence-corrected chi connectivity index (χ4v) is 4.43. The number of rotatable bonds is 4. The second-order valence-electron chi connectivity index (χ2n) is 6.29. The molecule has 7 heteroatoms. The lowest BCUT2D eigenvalue weighted by atomic mass is 10.2. The Morgan fingerprint density at radius 3 is 2.57 bits per heavy atom. The maximum atomic E-state index is 13.3. The van der Waals surface area contributed by atoms with E-state index in [2.05, 4.69) is 4.98 Å². The van der Waals surface area contributed by atoms with Gasteiger partial charge in [-0.15, -0.1) is 0 Å². The summed E-state index contributed by atoms with van der Waals surface area (Å²) in [4.78, 5) is 24.0. The molecule has 2 heterocycles. The first-order valence-electron chi connectivity index (χ1n) is 8.55. The molecule has 0 spiro atoms. The van der Waals surface area contributed by atoms with Crippen molar-refractivity contribution < 1.29 is 4.79 Å². The van der Waals surface area contributed by atoms with Crippen LogP contribution in [0.25, 0.3) is 10.2 Å². The number of pyridine rings is 1. The van der Waals surface area contributed by atoms with Crippen molar-refractivity contribution in [3.05, 3.63) is 87.7 Å². The van der Waals surface area contributed by atoms with E-state index in [1.807, 2.05) is 37.3 Å². The van der Waals surface area contributed by atoms with Crippen LogP contribution in [0.5, 0.6) is 0 Å². The molecule has 0 saturated carbocycles. The van der Waals surface area contributed by atoms with Crippen LogP contribution >= 0.6 is 34.5 Å². The lowest BCUT2D eigenvalue weighted by Crippen LogP contribution is -2.30. The molecular weight excluding hydrogens is 413 g/mol. The van der Waals surface area contributed by atoms with Gasteiger partial charge in [-0.2, -0.15) is 0 Å². The molecule has 0 atom stereocenters. The van der Waals surface area contributed by atoms with E-state index in [1.165, 1.54) is 11.3 Å².